The van der Waals surface area contributed by atoms with Gasteiger partial charge in [-0.15, -0.1) is 0 Å². The molecule has 0 amide bonds. The largest absolute Gasteiger partial charge is 0.416 e. The van der Waals surface area contributed by atoms with Crippen LogP contribution in [0.1, 0.15) is 25.3 Å². The van der Waals surface area contributed by atoms with E-state index in [9.17, 15) is 13.2 Å². The number of nitrogens with two attached hydrogens (primary N) is 1. The highest BCUT2D eigenvalue weighted by Gasteiger charge is 2.32. The minimum Gasteiger partial charge on any atom is -0.369 e. The van der Waals surface area contributed by atoms with Crippen LogP contribution in [0.15, 0.2) is 22.7 Å². The van der Waals surface area contributed by atoms with E-state index < -0.39 is 11.7 Å². The molecule has 2 atom stereocenters. The van der Waals surface area contributed by atoms with Crippen LogP contribution in [0.4, 0.5) is 18.9 Å². The summed E-state index contributed by atoms with van der Waals surface area (Å²) in [6.07, 6.45) is -2.72. The highest BCUT2D eigenvalue weighted by molar-refractivity contribution is 9.10. The van der Waals surface area contributed by atoms with Crippen molar-refractivity contribution >= 4 is 21.6 Å². The van der Waals surface area contributed by atoms with Crippen LogP contribution in [-0.4, -0.2) is 18.6 Å². The Morgan fingerprint density at radius 1 is 1.32 bits per heavy atom. The lowest BCUT2D eigenvalue weighted by Gasteiger charge is -2.38. The van der Waals surface area contributed by atoms with Crippen molar-refractivity contribution in [2.45, 2.75) is 38.0 Å². The average molecular weight is 337 g/mol. The number of piperidine rings is 1. The third kappa shape index (κ3) is 3.42. The molecular weight excluding hydrogens is 321 g/mol. The van der Waals surface area contributed by atoms with Crippen molar-refractivity contribution in [3.8, 4) is 0 Å². The Balaban J connectivity index is 2.32. The summed E-state index contributed by atoms with van der Waals surface area (Å²) in [7, 11) is 0. The Bertz CT molecular complexity index is 462. The Labute approximate surface area is 118 Å². The molecule has 19 heavy (non-hydrogen) atoms. The predicted molar refractivity (Wildman–Crippen MR) is 73.2 cm³/mol. The van der Waals surface area contributed by atoms with E-state index in [-0.39, 0.29) is 12.1 Å². The van der Waals surface area contributed by atoms with E-state index in [0.717, 1.165) is 18.9 Å². The Hall–Kier alpha value is -0.750. The molecule has 0 aromatic heterocycles. The summed E-state index contributed by atoms with van der Waals surface area (Å²) < 4.78 is 38.9. The van der Waals surface area contributed by atoms with Gasteiger partial charge in [-0.1, -0.05) is 15.9 Å². The van der Waals surface area contributed by atoms with Gasteiger partial charge < -0.3 is 10.6 Å². The van der Waals surface area contributed by atoms with E-state index in [1.165, 1.54) is 6.07 Å². The molecule has 1 fully saturated rings. The van der Waals surface area contributed by atoms with Crippen LogP contribution in [0.5, 0.6) is 0 Å². The van der Waals surface area contributed by atoms with Gasteiger partial charge in [-0.05, 0) is 38.0 Å². The maximum atomic E-state index is 12.8. The lowest BCUT2D eigenvalue weighted by atomic mass is 9.98. The summed E-state index contributed by atoms with van der Waals surface area (Å²) in [4.78, 5) is 1.99. The molecule has 1 aliphatic heterocycles. The maximum absolute atomic E-state index is 12.8. The lowest BCUT2D eigenvalue weighted by molar-refractivity contribution is -0.137. The first kappa shape index (κ1) is 14.7. The molecule has 0 saturated carbocycles. The monoisotopic (exact) mass is 336 g/mol. The van der Waals surface area contributed by atoms with Gasteiger partial charge in [-0.3, -0.25) is 0 Å². The molecule has 106 valence electrons. The quantitative estimate of drug-likeness (QED) is 0.845. The van der Waals surface area contributed by atoms with Crippen molar-refractivity contribution in [2.24, 2.45) is 5.73 Å². The van der Waals surface area contributed by atoms with Gasteiger partial charge in [0, 0.05) is 28.8 Å². The van der Waals surface area contributed by atoms with Crippen LogP contribution in [0.3, 0.4) is 0 Å². The average Bonchev–Trinajstić information content (AvgIpc) is 2.26. The zero-order valence-electron chi connectivity index (χ0n) is 10.5. The van der Waals surface area contributed by atoms with Crippen LogP contribution < -0.4 is 10.6 Å². The highest BCUT2D eigenvalue weighted by Crippen LogP contribution is 2.35. The first-order valence-corrected chi connectivity index (χ1v) is 6.96. The molecule has 0 radical (unpaired) electrons. The Kier molecular flexibility index (Phi) is 4.11. The van der Waals surface area contributed by atoms with Crippen molar-refractivity contribution in [1.82, 2.24) is 0 Å². The molecule has 2 unspecified atom stereocenters. The predicted octanol–water partition coefficient (Wildman–Crippen LogP) is 3.78. The van der Waals surface area contributed by atoms with Crippen molar-refractivity contribution in [3.63, 3.8) is 0 Å². The molecule has 0 aliphatic carbocycles. The molecule has 2 rings (SSSR count). The van der Waals surface area contributed by atoms with Crippen molar-refractivity contribution < 1.29 is 13.2 Å². The molecular formula is C13H16BrF3N2. The third-order valence-corrected chi connectivity index (χ3v) is 3.92. The summed E-state index contributed by atoms with van der Waals surface area (Å²) in [6, 6.07) is 4.32. The Morgan fingerprint density at radius 2 is 2.00 bits per heavy atom. The molecule has 0 bridgehead atoms. The minimum absolute atomic E-state index is 0.139. The highest BCUT2D eigenvalue weighted by atomic mass is 79.9. The zero-order valence-corrected chi connectivity index (χ0v) is 12.1. The topological polar surface area (TPSA) is 29.3 Å². The molecule has 2 N–H and O–H groups in total. The van der Waals surface area contributed by atoms with Gasteiger partial charge in [0.1, 0.15) is 0 Å². The molecule has 6 heteroatoms. The second-order valence-corrected chi connectivity index (χ2v) is 5.94. The van der Waals surface area contributed by atoms with Crippen LogP contribution in [0.25, 0.3) is 0 Å². The fourth-order valence-corrected chi connectivity index (χ4v) is 2.98. The minimum atomic E-state index is -4.33. The second-order valence-electron chi connectivity index (χ2n) is 5.02. The van der Waals surface area contributed by atoms with Crippen LogP contribution >= 0.6 is 15.9 Å². The van der Waals surface area contributed by atoms with E-state index in [0.29, 0.717) is 16.7 Å². The normalized spacial score (nSPS) is 24.6. The number of hydrogen-bond acceptors (Lipinski definition) is 2. The lowest BCUT2D eigenvalue weighted by Crippen LogP contribution is -2.45. The molecule has 1 aliphatic rings. The van der Waals surface area contributed by atoms with E-state index in [2.05, 4.69) is 15.9 Å². The second kappa shape index (κ2) is 5.32. The van der Waals surface area contributed by atoms with Crippen LogP contribution in [0.2, 0.25) is 0 Å². The third-order valence-electron chi connectivity index (χ3n) is 3.46. The summed E-state index contributed by atoms with van der Waals surface area (Å²) in [5.41, 5.74) is 5.85. The molecule has 1 aromatic rings. The van der Waals surface area contributed by atoms with Gasteiger partial charge >= 0.3 is 6.18 Å². The summed E-state index contributed by atoms with van der Waals surface area (Å²) in [5, 5.41) is 0. The summed E-state index contributed by atoms with van der Waals surface area (Å²) in [6.45, 7) is 2.68. The number of nitrogens with zero attached hydrogens (tertiary/aromatic N) is 1. The van der Waals surface area contributed by atoms with Crippen molar-refractivity contribution in [1.29, 1.82) is 0 Å². The van der Waals surface area contributed by atoms with E-state index >= 15 is 0 Å². The van der Waals surface area contributed by atoms with Crippen molar-refractivity contribution in [2.75, 3.05) is 11.4 Å². The fraction of sp³-hybridized carbons (Fsp3) is 0.538. The smallest absolute Gasteiger partial charge is 0.369 e. The van der Waals surface area contributed by atoms with Gasteiger partial charge in [0.2, 0.25) is 0 Å². The maximum Gasteiger partial charge on any atom is 0.416 e. The van der Waals surface area contributed by atoms with Gasteiger partial charge in [0.25, 0.3) is 0 Å². The number of rotatable bonds is 1. The van der Waals surface area contributed by atoms with Gasteiger partial charge in [0.05, 0.1) is 5.56 Å². The number of halogens is 4. The Morgan fingerprint density at radius 3 is 2.58 bits per heavy atom. The molecule has 1 aromatic carbocycles. The fourth-order valence-electron chi connectivity index (χ4n) is 2.50. The number of alkyl halides is 3. The van der Waals surface area contributed by atoms with E-state index in [1.807, 2.05) is 11.8 Å². The number of anilines is 1. The van der Waals surface area contributed by atoms with Gasteiger partial charge in [-0.2, -0.15) is 13.2 Å². The number of hydrogen-bond donors (Lipinski definition) is 1. The molecule has 1 heterocycles. The molecule has 2 nitrogen and oxygen atoms in total. The summed E-state index contributed by atoms with van der Waals surface area (Å²) >= 11 is 3.15. The van der Waals surface area contributed by atoms with Gasteiger partial charge in [0.15, 0.2) is 0 Å². The SMILES string of the molecule is CC1CC(N)CCN1c1cc(Br)cc(C(F)(F)F)c1. The zero-order chi connectivity index (χ0) is 14.2. The molecule has 1 saturated heterocycles. The van der Waals surface area contributed by atoms with Crippen LogP contribution in [-0.2, 0) is 6.18 Å². The van der Waals surface area contributed by atoms with E-state index in [1.54, 1.807) is 6.07 Å². The first-order valence-electron chi connectivity index (χ1n) is 6.17. The first-order chi connectivity index (χ1) is 8.77. The van der Waals surface area contributed by atoms with Crippen LogP contribution in [0, 0.1) is 0 Å². The standard InChI is InChI=1S/C13H16BrF3N2/c1-8-4-11(18)2-3-19(8)12-6-9(13(15,16)17)5-10(14)7-12/h5-8,11H,2-4,18H2,1H3. The van der Waals surface area contributed by atoms with E-state index in [4.69, 9.17) is 5.73 Å². The van der Waals surface area contributed by atoms with Crippen molar-refractivity contribution in [3.05, 3.63) is 28.2 Å². The summed E-state index contributed by atoms with van der Waals surface area (Å²) in [5.74, 6) is 0. The molecule has 0 spiro atoms. The van der Waals surface area contributed by atoms with Gasteiger partial charge in [-0.25, -0.2) is 0 Å². The number of benzene rings is 1.